The van der Waals surface area contributed by atoms with E-state index in [-0.39, 0.29) is 6.42 Å². The van der Waals surface area contributed by atoms with E-state index in [9.17, 15) is 20.1 Å². The lowest BCUT2D eigenvalue weighted by atomic mass is 9.95. The van der Waals surface area contributed by atoms with E-state index in [0.29, 0.717) is 12.8 Å². The third kappa shape index (κ3) is 7.95. The van der Waals surface area contributed by atoms with Crippen LogP contribution in [0.3, 0.4) is 0 Å². The second-order valence-corrected chi connectivity index (χ2v) is 7.20. The maximum Gasteiger partial charge on any atom is 0.323 e. The number of hydrogen-bond donors (Lipinski definition) is 3. The largest absolute Gasteiger partial charge is 0.480 e. The normalized spacial score (nSPS) is 14.8. The molecule has 0 aromatic heterocycles. The van der Waals surface area contributed by atoms with E-state index in [4.69, 9.17) is 0 Å². The average molecular weight is 346 g/mol. The Hall–Kier alpha value is -0.650. The third-order valence-electron chi connectivity index (χ3n) is 5.29. The molecule has 3 N–H and O–H groups in total. The molecule has 0 saturated carbocycles. The summed E-state index contributed by atoms with van der Waals surface area (Å²) in [6, 6.07) is 0. The molecular weight excluding hydrogens is 306 g/mol. The highest BCUT2D eigenvalue weighted by atomic mass is 16.5. The van der Waals surface area contributed by atoms with Crippen LogP contribution in [0, 0.1) is 0 Å². The standard InChI is InChI=1S/C19H39NO4/c1-5-7-8-9-10-11-12-13-14-15-16-19(23,24)20(4)18(3,6-2)17(21)22/h23-24H,5-16H2,1-4H3,(H,21,22). The summed E-state index contributed by atoms with van der Waals surface area (Å²) in [5.74, 6) is -3.12. The highest BCUT2D eigenvalue weighted by Crippen LogP contribution is 2.27. The average Bonchev–Trinajstić information content (AvgIpc) is 2.54. The van der Waals surface area contributed by atoms with Crippen LogP contribution in [-0.2, 0) is 4.79 Å². The van der Waals surface area contributed by atoms with Gasteiger partial charge in [-0.15, -0.1) is 0 Å². The van der Waals surface area contributed by atoms with Crippen molar-refractivity contribution in [3.8, 4) is 0 Å². The SMILES string of the molecule is CCCCCCCCCCCCC(O)(O)N(C)C(C)(CC)C(=O)O. The van der Waals surface area contributed by atoms with E-state index in [1.165, 1.54) is 63.8 Å². The zero-order valence-electron chi connectivity index (χ0n) is 16.2. The molecule has 0 radical (unpaired) electrons. The minimum atomic E-state index is -2.08. The molecule has 0 saturated heterocycles. The van der Waals surface area contributed by atoms with Gasteiger partial charge in [0.05, 0.1) is 0 Å². The Bertz CT molecular complexity index is 346. The van der Waals surface area contributed by atoms with Crippen molar-refractivity contribution in [1.29, 1.82) is 0 Å². The maximum absolute atomic E-state index is 11.4. The minimum Gasteiger partial charge on any atom is -0.480 e. The molecular formula is C19H39NO4. The zero-order valence-corrected chi connectivity index (χ0v) is 16.2. The van der Waals surface area contributed by atoms with Gasteiger partial charge in [0.15, 0.2) is 0 Å². The van der Waals surface area contributed by atoms with Gasteiger partial charge in [0.25, 0.3) is 0 Å². The number of unbranched alkanes of at least 4 members (excludes halogenated alkanes) is 9. The van der Waals surface area contributed by atoms with Crippen molar-refractivity contribution in [2.75, 3.05) is 7.05 Å². The van der Waals surface area contributed by atoms with Crippen LogP contribution in [0.2, 0.25) is 0 Å². The number of nitrogens with zero attached hydrogens (tertiary/aromatic N) is 1. The number of aliphatic hydroxyl groups is 2. The van der Waals surface area contributed by atoms with E-state index < -0.39 is 17.4 Å². The van der Waals surface area contributed by atoms with Crippen LogP contribution in [0.1, 0.15) is 97.8 Å². The molecule has 0 aromatic carbocycles. The second-order valence-electron chi connectivity index (χ2n) is 7.20. The Morgan fingerprint density at radius 2 is 1.29 bits per heavy atom. The van der Waals surface area contributed by atoms with Crippen molar-refractivity contribution in [3.05, 3.63) is 0 Å². The summed E-state index contributed by atoms with van der Waals surface area (Å²) >= 11 is 0. The fourth-order valence-corrected chi connectivity index (χ4v) is 2.94. The summed E-state index contributed by atoms with van der Waals surface area (Å²) in [7, 11) is 1.47. The smallest absolute Gasteiger partial charge is 0.323 e. The van der Waals surface area contributed by atoms with Crippen LogP contribution >= 0.6 is 0 Å². The van der Waals surface area contributed by atoms with Gasteiger partial charge in [-0.2, -0.15) is 0 Å². The first-order chi connectivity index (χ1) is 11.2. The summed E-state index contributed by atoms with van der Waals surface area (Å²) in [4.78, 5) is 12.6. The van der Waals surface area contributed by atoms with Gasteiger partial charge in [-0.1, -0.05) is 71.6 Å². The fraction of sp³-hybridized carbons (Fsp3) is 0.947. The first-order valence-corrected chi connectivity index (χ1v) is 9.64. The van der Waals surface area contributed by atoms with Crippen molar-refractivity contribution in [3.63, 3.8) is 0 Å². The molecule has 0 fully saturated rings. The van der Waals surface area contributed by atoms with Crippen LogP contribution < -0.4 is 0 Å². The van der Waals surface area contributed by atoms with Gasteiger partial charge in [-0.25, -0.2) is 4.90 Å². The first kappa shape index (κ1) is 23.4. The molecule has 5 nitrogen and oxygen atoms in total. The van der Waals surface area contributed by atoms with Crippen molar-refractivity contribution in [2.45, 2.75) is 109 Å². The van der Waals surface area contributed by atoms with Crippen LogP contribution in [0.4, 0.5) is 0 Å². The molecule has 1 unspecified atom stereocenters. The summed E-state index contributed by atoms with van der Waals surface area (Å²) in [5.41, 5.74) is -1.28. The molecule has 0 rings (SSSR count). The van der Waals surface area contributed by atoms with Crippen molar-refractivity contribution < 1.29 is 20.1 Å². The summed E-state index contributed by atoms with van der Waals surface area (Å²) in [5, 5.41) is 29.8. The fourth-order valence-electron chi connectivity index (χ4n) is 2.94. The number of likely N-dealkylation sites (N-methyl/N-ethyl adjacent to an activating group) is 1. The maximum atomic E-state index is 11.4. The van der Waals surface area contributed by atoms with Crippen LogP contribution in [0.15, 0.2) is 0 Å². The molecule has 0 aliphatic carbocycles. The van der Waals surface area contributed by atoms with Crippen LogP contribution in [0.5, 0.6) is 0 Å². The Morgan fingerprint density at radius 1 is 0.875 bits per heavy atom. The Balaban J connectivity index is 3.98. The Labute approximate surface area is 148 Å². The predicted molar refractivity (Wildman–Crippen MR) is 97.7 cm³/mol. The lowest BCUT2D eigenvalue weighted by Gasteiger charge is -2.42. The highest BCUT2D eigenvalue weighted by molar-refractivity contribution is 5.78. The van der Waals surface area contributed by atoms with Crippen molar-refractivity contribution in [2.24, 2.45) is 0 Å². The number of aliphatic carboxylic acids is 1. The quantitative estimate of drug-likeness (QED) is 0.307. The lowest BCUT2D eigenvalue weighted by Crippen LogP contribution is -2.61. The Kier molecular flexibility index (Phi) is 11.5. The topological polar surface area (TPSA) is 81.0 Å². The lowest BCUT2D eigenvalue weighted by molar-refractivity contribution is -0.285. The molecule has 0 amide bonds. The third-order valence-corrected chi connectivity index (χ3v) is 5.29. The molecule has 0 aromatic rings. The van der Waals surface area contributed by atoms with E-state index >= 15 is 0 Å². The molecule has 5 heteroatoms. The van der Waals surface area contributed by atoms with Gasteiger partial charge in [0.2, 0.25) is 5.91 Å². The minimum absolute atomic E-state index is 0.170. The molecule has 0 aliphatic rings. The van der Waals surface area contributed by atoms with E-state index in [1.807, 2.05) is 0 Å². The zero-order chi connectivity index (χ0) is 18.6. The molecule has 1 atom stereocenters. The number of rotatable bonds is 15. The second kappa shape index (κ2) is 11.8. The molecule has 0 aliphatic heterocycles. The summed E-state index contributed by atoms with van der Waals surface area (Å²) < 4.78 is 0. The van der Waals surface area contributed by atoms with Crippen LogP contribution in [0.25, 0.3) is 0 Å². The monoisotopic (exact) mass is 345 g/mol. The molecule has 0 heterocycles. The summed E-state index contributed by atoms with van der Waals surface area (Å²) in [6.07, 6.45) is 12.2. The predicted octanol–water partition coefficient (Wildman–Crippen LogP) is 4.12. The molecule has 144 valence electrons. The number of carboxylic acids is 1. The van der Waals surface area contributed by atoms with Gasteiger partial charge in [0, 0.05) is 6.42 Å². The molecule has 24 heavy (non-hydrogen) atoms. The van der Waals surface area contributed by atoms with Gasteiger partial charge in [-0.05, 0) is 26.8 Å². The number of carbonyl (C=O) groups is 1. The van der Waals surface area contributed by atoms with E-state index in [0.717, 1.165) is 12.8 Å². The van der Waals surface area contributed by atoms with Crippen molar-refractivity contribution >= 4 is 5.97 Å². The Morgan fingerprint density at radius 3 is 1.67 bits per heavy atom. The number of carboxylic acid groups (broad SMARTS) is 1. The van der Waals surface area contributed by atoms with Crippen LogP contribution in [-0.4, -0.2) is 44.7 Å². The van der Waals surface area contributed by atoms with Gasteiger partial charge >= 0.3 is 5.97 Å². The van der Waals surface area contributed by atoms with Crippen molar-refractivity contribution in [1.82, 2.24) is 4.90 Å². The molecule has 0 spiro atoms. The highest BCUT2D eigenvalue weighted by Gasteiger charge is 2.45. The first-order valence-electron chi connectivity index (χ1n) is 9.64. The van der Waals surface area contributed by atoms with Gasteiger partial charge in [0.1, 0.15) is 5.54 Å². The van der Waals surface area contributed by atoms with Gasteiger partial charge < -0.3 is 15.3 Å². The van der Waals surface area contributed by atoms with E-state index in [1.54, 1.807) is 6.92 Å². The summed E-state index contributed by atoms with van der Waals surface area (Å²) in [6.45, 7) is 5.48. The van der Waals surface area contributed by atoms with Gasteiger partial charge in [-0.3, -0.25) is 4.79 Å². The van der Waals surface area contributed by atoms with E-state index in [2.05, 4.69) is 6.92 Å². The number of hydrogen-bond acceptors (Lipinski definition) is 4. The molecule has 0 bridgehead atoms.